The molecule has 7 nitrogen and oxygen atoms in total. The first-order chi connectivity index (χ1) is 13.4. The van der Waals surface area contributed by atoms with Gasteiger partial charge in [0.25, 0.3) is 5.91 Å². The average molecular weight is 479 g/mol. The fourth-order valence-corrected chi connectivity index (χ4v) is 4.45. The zero-order chi connectivity index (χ0) is 21.6. The average Bonchev–Trinajstić information content (AvgIpc) is 3.36. The quantitative estimate of drug-likeness (QED) is 0.600. The molecule has 1 saturated carbocycles. The lowest BCUT2D eigenvalue weighted by molar-refractivity contribution is -0.141. The number of halogens is 4. The minimum atomic E-state index is -4.70. The zero-order valence-electron chi connectivity index (χ0n) is 15.9. The number of nitrogens with one attached hydrogen (secondary N) is 2. The maximum atomic E-state index is 13.4. The molecule has 2 heterocycles. The summed E-state index contributed by atoms with van der Waals surface area (Å²) in [5.41, 5.74) is -1.87. The van der Waals surface area contributed by atoms with Crippen LogP contribution < -0.4 is 15.5 Å². The van der Waals surface area contributed by atoms with Gasteiger partial charge in [-0.05, 0) is 55.0 Å². The van der Waals surface area contributed by atoms with Crippen LogP contribution in [0.3, 0.4) is 0 Å². The maximum absolute atomic E-state index is 13.4. The summed E-state index contributed by atoms with van der Waals surface area (Å²) in [6.45, 7) is 3.95. The first kappa shape index (κ1) is 21.7. The molecule has 2 aliphatic rings. The Bertz CT molecular complexity index is 831. The first-order valence-corrected chi connectivity index (χ1v) is 10.0. The van der Waals surface area contributed by atoms with E-state index in [-0.39, 0.29) is 34.9 Å². The van der Waals surface area contributed by atoms with Gasteiger partial charge in [-0.3, -0.25) is 4.79 Å². The Kier molecular flexibility index (Phi) is 5.72. The first-order valence-electron chi connectivity index (χ1n) is 9.24. The number of aromatic nitrogens is 1. The molecule has 160 valence electrons. The number of pyridine rings is 1. The highest BCUT2D eigenvalue weighted by Gasteiger charge is 2.42. The summed E-state index contributed by atoms with van der Waals surface area (Å²) in [5.74, 6) is -0.121. The minimum absolute atomic E-state index is 0.0250. The lowest BCUT2D eigenvalue weighted by Gasteiger charge is -2.28. The largest absolute Gasteiger partial charge is 0.465 e. The summed E-state index contributed by atoms with van der Waals surface area (Å²) >= 11 is 3.00. The Morgan fingerprint density at radius 3 is 2.62 bits per heavy atom. The van der Waals surface area contributed by atoms with Crippen LogP contribution in [0.1, 0.15) is 49.2 Å². The molecule has 2 amide bonds. The Morgan fingerprint density at radius 2 is 2.07 bits per heavy atom. The van der Waals surface area contributed by atoms with Crippen molar-refractivity contribution < 1.29 is 27.9 Å². The normalized spacial score (nSPS) is 23.0. The van der Waals surface area contributed by atoms with Crippen molar-refractivity contribution in [2.45, 2.75) is 50.9 Å². The summed E-state index contributed by atoms with van der Waals surface area (Å²) in [5, 5.41) is 14.3. The van der Waals surface area contributed by atoms with Gasteiger partial charge in [-0.15, -0.1) is 0 Å². The van der Waals surface area contributed by atoms with Crippen LogP contribution in [0.5, 0.6) is 0 Å². The van der Waals surface area contributed by atoms with E-state index >= 15 is 0 Å². The fourth-order valence-electron chi connectivity index (χ4n) is 3.66. The van der Waals surface area contributed by atoms with Gasteiger partial charge in [0.05, 0.1) is 21.3 Å². The van der Waals surface area contributed by atoms with Gasteiger partial charge in [0.2, 0.25) is 0 Å². The second kappa shape index (κ2) is 7.66. The number of carbonyl (C=O) groups is 2. The maximum Gasteiger partial charge on any atom is 0.434 e. The third-order valence-corrected chi connectivity index (χ3v) is 6.14. The number of carboxylic acid groups (broad SMARTS) is 1. The molecule has 1 saturated heterocycles. The molecule has 1 aromatic rings. The summed E-state index contributed by atoms with van der Waals surface area (Å²) in [4.78, 5) is 29.0. The SMILES string of the molecule is C[C@H](NC(=O)c1cnc(C(F)(F)F)c(Br)c1N1CCC(C)(NC(=O)O)C1)C1CC1. The molecule has 2 atom stereocenters. The standard InChI is InChI=1S/C18H22BrF3N4O3/c1-9(10-3-4-10)24-15(27)11-7-23-14(18(20,21)22)12(19)13(11)26-6-5-17(2,8-26)25-16(28)29/h7,9-10,25H,3-6,8H2,1-2H3,(H,24,27)(H,28,29)/t9-,17?/m0/s1. The van der Waals surface area contributed by atoms with Crippen LogP contribution in [0.15, 0.2) is 10.7 Å². The van der Waals surface area contributed by atoms with E-state index in [0.29, 0.717) is 12.3 Å². The number of nitrogens with zero attached hydrogens (tertiary/aromatic N) is 2. The summed E-state index contributed by atoms with van der Waals surface area (Å²) in [6.07, 6.45) is -2.57. The second-order valence-corrected chi connectivity index (χ2v) is 8.74. The van der Waals surface area contributed by atoms with Crippen molar-refractivity contribution >= 4 is 33.6 Å². The van der Waals surface area contributed by atoms with Gasteiger partial charge in [-0.25, -0.2) is 9.78 Å². The van der Waals surface area contributed by atoms with Crippen molar-refractivity contribution in [3.05, 3.63) is 21.9 Å². The molecule has 2 fully saturated rings. The Labute approximate surface area is 174 Å². The van der Waals surface area contributed by atoms with Crippen molar-refractivity contribution in [1.82, 2.24) is 15.6 Å². The third kappa shape index (κ3) is 4.76. The van der Waals surface area contributed by atoms with Crippen LogP contribution in [0, 0.1) is 5.92 Å². The van der Waals surface area contributed by atoms with E-state index in [2.05, 4.69) is 31.5 Å². The van der Waals surface area contributed by atoms with E-state index in [1.807, 2.05) is 6.92 Å². The molecule has 1 aliphatic heterocycles. The van der Waals surface area contributed by atoms with Crippen LogP contribution in [0.4, 0.5) is 23.7 Å². The highest BCUT2D eigenvalue weighted by atomic mass is 79.9. The van der Waals surface area contributed by atoms with Crippen molar-refractivity contribution in [2.75, 3.05) is 18.0 Å². The molecule has 0 bridgehead atoms. The highest BCUT2D eigenvalue weighted by Crippen LogP contribution is 2.42. The van der Waals surface area contributed by atoms with Gasteiger partial charge < -0.3 is 20.6 Å². The highest BCUT2D eigenvalue weighted by molar-refractivity contribution is 9.10. The van der Waals surface area contributed by atoms with Crippen LogP contribution in [-0.2, 0) is 6.18 Å². The molecule has 1 aliphatic carbocycles. The molecule has 1 unspecified atom stereocenters. The zero-order valence-corrected chi connectivity index (χ0v) is 17.5. The van der Waals surface area contributed by atoms with E-state index in [1.54, 1.807) is 11.8 Å². The van der Waals surface area contributed by atoms with Gasteiger partial charge in [0, 0.05) is 25.3 Å². The third-order valence-electron chi connectivity index (χ3n) is 5.39. The van der Waals surface area contributed by atoms with Crippen LogP contribution in [0.2, 0.25) is 0 Å². The van der Waals surface area contributed by atoms with Crippen molar-refractivity contribution in [3.8, 4) is 0 Å². The molecule has 11 heteroatoms. The molecule has 1 aromatic heterocycles. The number of hydrogen-bond acceptors (Lipinski definition) is 4. The van der Waals surface area contributed by atoms with E-state index < -0.39 is 29.4 Å². The predicted octanol–water partition coefficient (Wildman–Crippen LogP) is 3.63. The number of anilines is 1. The van der Waals surface area contributed by atoms with E-state index in [0.717, 1.165) is 19.0 Å². The Morgan fingerprint density at radius 1 is 1.41 bits per heavy atom. The van der Waals surface area contributed by atoms with Gasteiger partial charge in [0.15, 0.2) is 5.69 Å². The van der Waals surface area contributed by atoms with Gasteiger partial charge >= 0.3 is 12.3 Å². The monoisotopic (exact) mass is 478 g/mol. The molecular formula is C18H22BrF3N4O3. The molecule has 0 spiro atoms. The minimum Gasteiger partial charge on any atom is -0.465 e. The van der Waals surface area contributed by atoms with Crippen LogP contribution >= 0.6 is 15.9 Å². The van der Waals surface area contributed by atoms with Gasteiger partial charge in [-0.2, -0.15) is 13.2 Å². The molecule has 0 radical (unpaired) electrons. The molecule has 0 aromatic carbocycles. The van der Waals surface area contributed by atoms with Gasteiger partial charge in [0.1, 0.15) is 0 Å². The smallest absolute Gasteiger partial charge is 0.434 e. The summed E-state index contributed by atoms with van der Waals surface area (Å²) in [7, 11) is 0. The fraction of sp³-hybridized carbons (Fsp3) is 0.611. The predicted molar refractivity (Wildman–Crippen MR) is 103 cm³/mol. The Balaban J connectivity index is 1.97. The van der Waals surface area contributed by atoms with Crippen LogP contribution in [0.25, 0.3) is 0 Å². The second-order valence-electron chi connectivity index (χ2n) is 7.94. The molecule has 3 rings (SSSR count). The van der Waals surface area contributed by atoms with Gasteiger partial charge in [-0.1, -0.05) is 0 Å². The number of hydrogen-bond donors (Lipinski definition) is 3. The Hall–Kier alpha value is -2.04. The van der Waals surface area contributed by atoms with Crippen LogP contribution in [-0.4, -0.2) is 46.8 Å². The van der Waals surface area contributed by atoms with Crippen molar-refractivity contribution in [1.29, 1.82) is 0 Å². The summed E-state index contributed by atoms with van der Waals surface area (Å²) < 4.78 is 39.9. The lowest BCUT2D eigenvalue weighted by Crippen LogP contribution is -2.47. The van der Waals surface area contributed by atoms with Crippen molar-refractivity contribution in [3.63, 3.8) is 0 Å². The van der Waals surface area contributed by atoms with Crippen molar-refractivity contribution in [2.24, 2.45) is 5.92 Å². The van der Waals surface area contributed by atoms with E-state index in [4.69, 9.17) is 5.11 Å². The molecular weight excluding hydrogens is 457 g/mol. The van der Waals surface area contributed by atoms with E-state index in [9.17, 15) is 22.8 Å². The number of alkyl halides is 3. The lowest BCUT2D eigenvalue weighted by atomic mass is 10.0. The molecule has 29 heavy (non-hydrogen) atoms. The topological polar surface area (TPSA) is 94.6 Å². The van der Waals surface area contributed by atoms with E-state index in [1.165, 1.54) is 0 Å². The number of rotatable bonds is 5. The molecule has 3 N–H and O–H groups in total. The number of carbonyl (C=O) groups excluding carboxylic acids is 1. The number of amides is 2. The summed E-state index contributed by atoms with van der Waals surface area (Å²) in [6, 6.07) is -0.0889.